The number of phenolic OH excluding ortho intramolecular Hbond substituents is 1. The van der Waals surface area contributed by atoms with Gasteiger partial charge in [0, 0.05) is 28.6 Å². The lowest BCUT2D eigenvalue weighted by Gasteiger charge is -2.50. The van der Waals surface area contributed by atoms with Crippen LogP contribution < -0.4 is 24.5 Å². The highest BCUT2D eigenvalue weighted by molar-refractivity contribution is 6.36. The van der Waals surface area contributed by atoms with E-state index in [0.717, 1.165) is 5.01 Å². The Morgan fingerprint density at radius 2 is 1.40 bits per heavy atom. The molecule has 2 aliphatic carbocycles. The third kappa shape index (κ3) is 6.58. The molecule has 2 N–H and O–H groups in total. The largest absolute Gasteiger partial charge is 0.507 e. The van der Waals surface area contributed by atoms with E-state index in [0.29, 0.717) is 22.8 Å². The summed E-state index contributed by atoms with van der Waals surface area (Å²) in [6.07, 6.45) is -9.57. The number of allylic oxidation sites excluding steroid dienone is 2. The molecule has 3 fully saturated rings. The molecule has 0 spiro atoms. The topological polar surface area (TPSA) is 135 Å². The molecule has 4 amide bonds. The number of amides is 4. The standard InChI is InChI=1S/C43H33Cl2F6N3O8/c1-60-24-7-4-19(5-8-24)41-29(38(57)54(40(41)59)52-31-11-6-22(44)15-30(31)45)18-28-26(36(41)35-32(55)16-25(61-2)17-33(35)62-3)9-10-27-34(28)39(58)53(37(27)56)23-13-20(42(46,47)48)12-21(14-23)43(49,50)51/h4-9,11-17,27-29,34,36,52,55H,10,18H2,1-3H3. The monoisotopic (exact) mass is 903 g/mol. The summed E-state index contributed by atoms with van der Waals surface area (Å²) >= 11 is 12.6. The third-order valence-electron chi connectivity index (χ3n) is 12.2. The van der Waals surface area contributed by atoms with Crippen molar-refractivity contribution in [2.45, 2.75) is 36.5 Å². The van der Waals surface area contributed by atoms with Gasteiger partial charge in [0.2, 0.25) is 11.8 Å². The summed E-state index contributed by atoms with van der Waals surface area (Å²) in [6, 6.07) is 13.7. The second-order valence-electron chi connectivity index (χ2n) is 15.3. The average molecular weight is 905 g/mol. The lowest BCUT2D eigenvalue weighted by atomic mass is 9.49. The first-order valence-electron chi connectivity index (χ1n) is 18.8. The molecule has 0 bridgehead atoms. The fourth-order valence-corrected chi connectivity index (χ4v) is 10.1. The molecule has 8 rings (SSSR count). The molecule has 19 heteroatoms. The quantitative estimate of drug-likeness (QED) is 0.101. The van der Waals surface area contributed by atoms with Gasteiger partial charge in [0.05, 0.1) is 72.0 Å². The van der Waals surface area contributed by atoms with Gasteiger partial charge >= 0.3 is 12.4 Å². The number of carbonyl (C=O) groups excluding carboxylic acids is 4. The van der Waals surface area contributed by atoms with E-state index in [1.54, 1.807) is 30.3 Å². The first-order chi connectivity index (χ1) is 29.3. The van der Waals surface area contributed by atoms with Crippen molar-refractivity contribution in [1.29, 1.82) is 0 Å². The lowest BCUT2D eigenvalue weighted by molar-refractivity contribution is -0.143. The summed E-state index contributed by atoms with van der Waals surface area (Å²) in [7, 11) is 4.05. The number of hydrazine groups is 1. The van der Waals surface area contributed by atoms with Crippen LogP contribution >= 0.6 is 23.2 Å². The summed E-state index contributed by atoms with van der Waals surface area (Å²) in [6.45, 7) is 0. The van der Waals surface area contributed by atoms with E-state index in [9.17, 15) is 41.0 Å². The maximum Gasteiger partial charge on any atom is 0.416 e. The number of fused-ring (bicyclic) bond motifs is 4. The number of imide groups is 2. The highest BCUT2D eigenvalue weighted by atomic mass is 35.5. The van der Waals surface area contributed by atoms with Gasteiger partial charge in [-0.15, -0.1) is 0 Å². The number of anilines is 2. The number of nitrogens with one attached hydrogen (secondary N) is 1. The maximum absolute atomic E-state index is 15.6. The first-order valence-corrected chi connectivity index (χ1v) is 19.6. The smallest absolute Gasteiger partial charge is 0.416 e. The molecule has 4 aliphatic rings. The van der Waals surface area contributed by atoms with Crippen molar-refractivity contribution in [3.05, 3.63) is 117 Å². The van der Waals surface area contributed by atoms with Crippen molar-refractivity contribution in [3.63, 3.8) is 0 Å². The summed E-state index contributed by atoms with van der Waals surface area (Å²) in [4.78, 5) is 59.8. The van der Waals surface area contributed by atoms with E-state index in [4.69, 9.17) is 37.4 Å². The number of hydrogen-bond acceptors (Lipinski definition) is 9. The zero-order chi connectivity index (χ0) is 44.8. The van der Waals surface area contributed by atoms with Crippen molar-refractivity contribution >= 4 is 58.2 Å². The number of alkyl halides is 6. The summed E-state index contributed by atoms with van der Waals surface area (Å²) < 4.78 is 101. The van der Waals surface area contributed by atoms with E-state index in [1.807, 2.05) is 0 Å². The fourth-order valence-electron chi connectivity index (χ4n) is 9.64. The normalized spacial score (nSPS) is 24.7. The minimum absolute atomic E-state index is 0.00587. The summed E-state index contributed by atoms with van der Waals surface area (Å²) in [5.41, 5.74) is -2.92. The van der Waals surface area contributed by atoms with Gasteiger partial charge in [0.15, 0.2) is 0 Å². The molecule has 2 saturated heterocycles. The number of hydrogen-bond donors (Lipinski definition) is 2. The minimum atomic E-state index is -5.28. The molecular formula is C43H33Cl2F6N3O8. The number of benzene rings is 4. The molecule has 4 aromatic rings. The van der Waals surface area contributed by atoms with Crippen LogP contribution in [0.5, 0.6) is 23.0 Å². The third-order valence-corrected chi connectivity index (χ3v) is 12.8. The van der Waals surface area contributed by atoms with Crippen LogP contribution in [0, 0.1) is 23.7 Å². The van der Waals surface area contributed by atoms with Crippen molar-refractivity contribution in [2.24, 2.45) is 23.7 Å². The van der Waals surface area contributed by atoms with E-state index in [1.165, 1.54) is 51.7 Å². The lowest BCUT2D eigenvalue weighted by Crippen LogP contribution is -2.53. The van der Waals surface area contributed by atoms with Crippen LogP contribution in [0.25, 0.3) is 0 Å². The number of nitrogens with zero attached hydrogens (tertiary/aromatic N) is 2. The molecule has 6 atom stereocenters. The van der Waals surface area contributed by atoms with Gasteiger partial charge in [0.1, 0.15) is 23.0 Å². The average Bonchev–Trinajstić information content (AvgIpc) is 3.61. The van der Waals surface area contributed by atoms with E-state index in [-0.39, 0.29) is 62.8 Å². The fraction of sp³-hybridized carbons (Fsp3) is 0.302. The zero-order valence-electron chi connectivity index (χ0n) is 32.5. The SMILES string of the molecule is COc1ccc(C23C(=O)N(Nc4ccc(Cl)cc4Cl)C(=O)C2CC2C(=CCC4C(=O)N(c5cc(C(F)(F)F)cc(C(F)(F)F)c5)C(=O)C42)C3c2c(O)cc(OC)cc2OC)cc1. The molecular weight excluding hydrogens is 871 g/mol. The van der Waals surface area contributed by atoms with Crippen molar-refractivity contribution in [1.82, 2.24) is 5.01 Å². The van der Waals surface area contributed by atoms with Crippen molar-refractivity contribution in [2.75, 3.05) is 31.7 Å². The Hall–Kier alpha value is -5.94. The molecule has 0 aromatic heterocycles. The second-order valence-corrected chi connectivity index (χ2v) is 16.1. The number of halogens is 8. The van der Waals surface area contributed by atoms with Crippen LogP contribution in [0.15, 0.2) is 84.4 Å². The number of methoxy groups -OCH3 is 3. The minimum Gasteiger partial charge on any atom is -0.507 e. The summed E-state index contributed by atoms with van der Waals surface area (Å²) in [5, 5.41) is 13.0. The molecule has 6 unspecified atom stereocenters. The number of aromatic hydroxyl groups is 1. The molecule has 62 heavy (non-hydrogen) atoms. The molecule has 324 valence electrons. The van der Waals surface area contributed by atoms with Crippen molar-refractivity contribution < 1.29 is 64.8 Å². The Balaban J connectivity index is 1.35. The van der Waals surface area contributed by atoms with Crippen LogP contribution in [0.1, 0.15) is 41.0 Å². The molecule has 11 nitrogen and oxygen atoms in total. The maximum atomic E-state index is 15.6. The molecule has 1 saturated carbocycles. The van der Waals surface area contributed by atoms with E-state index >= 15 is 9.59 Å². The molecule has 2 aliphatic heterocycles. The zero-order valence-corrected chi connectivity index (χ0v) is 34.0. The molecule has 0 radical (unpaired) electrons. The van der Waals surface area contributed by atoms with Crippen LogP contribution in [0.4, 0.5) is 37.7 Å². The Morgan fingerprint density at radius 3 is 1.98 bits per heavy atom. The Labute approximate surface area is 358 Å². The highest BCUT2D eigenvalue weighted by Crippen LogP contribution is 2.66. The first kappa shape index (κ1) is 42.7. The molecule has 4 aromatic carbocycles. The van der Waals surface area contributed by atoms with Crippen LogP contribution in [-0.2, 0) is 36.9 Å². The van der Waals surface area contributed by atoms with Crippen molar-refractivity contribution in [3.8, 4) is 23.0 Å². The number of phenols is 1. The molecule has 2 heterocycles. The predicted molar refractivity (Wildman–Crippen MR) is 211 cm³/mol. The van der Waals surface area contributed by atoms with Gasteiger partial charge < -0.3 is 19.3 Å². The second kappa shape index (κ2) is 15.1. The van der Waals surface area contributed by atoms with E-state index < -0.39 is 93.5 Å². The number of carbonyl (C=O) groups is 4. The Bertz CT molecular complexity index is 2550. The number of rotatable bonds is 8. The Morgan fingerprint density at radius 1 is 0.758 bits per heavy atom. The predicted octanol–water partition coefficient (Wildman–Crippen LogP) is 8.95. The van der Waals surface area contributed by atoms with Crippen LogP contribution in [0.3, 0.4) is 0 Å². The Kier molecular flexibility index (Phi) is 10.4. The van der Waals surface area contributed by atoms with Gasteiger partial charge in [-0.05, 0) is 72.9 Å². The van der Waals surface area contributed by atoms with Gasteiger partial charge in [-0.25, -0.2) is 4.90 Å². The van der Waals surface area contributed by atoms with Gasteiger partial charge in [-0.1, -0.05) is 47.0 Å². The van der Waals surface area contributed by atoms with E-state index in [2.05, 4.69) is 5.43 Å². The van der Waals surface area contributed by atoms with Gasteiger partial charge in [0.25, 0.3) is 11.8 Å². The van der Waals surface area contributed by atoms with Crippen LogP contribution in [0.2, 0.25) is 10.0 Å². The van der Waals surface area contributed by atoms with Gasteiger partial charge in [-0.2, -0.15) is 31.4 Å². The highest BCUT2D eigenvalue weighted by Gasteiger charge is 2.71. The number of ether oxygens (including phenoxy) is 3. The summed E-state index contributed by atoms with van der Waals surface area (Å²) in [5.74, 6) is -10.4. The van der Waals surface area contributed by atoms with Crippen LogP contribution in [-0.4, -0.2) is 55.1 Å². The van der Waals surface area contributed by atoms with Gasteiger partial charge in [-0.3, -0.25) is 24.6 Å².